The fourth-order valence-electron chi connectivity index (χ4n) is 2.41. The number of hydrogen-bond donors (Lipinski definition) is 2. The van der Waals surface area contributed by atoms with E-state index in [-0.39, 0.29) is 19.1 Å². The topological polar surface area (TPSA) is 89.4 Å². The number of amides is 1. The van der Waals surface area contributed by atoms with E-state index >= 15 is 0 Å². The minimum absolute atomic E-state index is 0.0329. The Balaban J connectivity index is 1.70. The zero-order chi connectivity index (χ0) is 17.8. The molecule has 0 fully saturated rings. The zero-order valence-electron chi connectivity index (χ0n) is 13.9. The number of carbonyl (C=O) groups is 1. The molecule has 0 aliphatic heterocycles. The van der Waals surface area contributed by atoms with E-state index in [1.165, 1.54) is 7.11 Å². The molecule has 0 aliphatic rings. The number of aryl methyl sites for hydroxylation is 1. The molecule has 132 valence electrons. The average Bonchev–Trinajstić information content (AvgIpc) is 3.16. The summed E-state index contributed by atoms with van der Waals surface area (Å²) in [6, 6.07) is 7.37. The number of aromatic amines is 1. The van der Waals surface area contributed by atoms with Crippen molar-refractivity contribution in [2.24, 2.45) is 0 Å². The molecule has 0 atom stereocenters. The minimum Gasteiger partial charge on any atom is -0.484 e. The van der Waals surface area contributed by atoms with E-state index in [1.54, 1.807) is 0 Å². The molecule has 2 aromatic heterocycles. The Morgan fingerprint density at radius 1 is 1.36 bits per heavy atom. The molecule has 8 heteroatoms. The second kappa shape index (κ2) is 7.58. The SMILES string of the molecule is COCC(=O)NCc1cc2cc(Cl)c(OCc3cc(C)no3)cc2[nH]1. The summed E-state index contributed by atoms with van der Waals surface area (Å²) in [5.41, 5.74) is 2.52. The Labute approximate surface area is 149 Å². The second-order valence-electron chi connectivity index (χ2n) is 5.60. The predicted molar refractivity (Wildman–Crippen MR) is 92.6 cm³/mol. The summed E-state index contributed by atoms with van der Waals surface area (Å²) >= 11 is 6.28. The van der Waals surface area contributed by atoms with Gasteiger partial charge in [0.1, 0.15) is 19.0 Å². The van der Waals surface area contributed by atoms with Gasteiger partial charge in [-0.2, -0.15) is 0 Å². The number of hydrogen-bond acceptors (Lipinski definition) is 5. The van der Waals surface area contributed by atoms with Crippen LogP contribution in [0.2, 0.25) is 5.02 Å². The summed E-state index contributed by atoms with van der Waals surface area (Å²) in [6.07, 6.45) is 0. The van der Waals surface area contributed by atoms with E-state index < -0.39 is 0 Å². The first-order valence-corrected chi connectivity index (χ1v) is 8.04. The summed E-state index contributed by atoms with van der Waals surface area (Å²) in [4.78, 5) is 14.7. The average molecular weight is 364 g/mol. The van der Waals surface area contributed by atoms with Crippen LogP contribution in [0.5, 0.6) is 5.75 Å². The standard InChI is InChI=1S/C17H18ClN3O4/c1-10-3-13(25-21-10)8-24-16-6-15-11(5-14(16)18)4-12(20-15)7-19-17(22)9-23-2/h3-6,20H,7-9H2,1-2H3,(H,19,22). The maximum Gasteiger partial charge on any atom is 0.246 e. The molecule has 1 aromatic carbocycles. The minimum atomic E-state index is -0.175. The number of methoxy groups -OCH3 is 1. The van der Waals surface area contributed by atoms with Gasteiger partial charge >= 0.3 is 0 Å². The summed E-state index contributed by atoms with van der Waals surface area (Å²) in [5.74, 6) is 0.993. The first-order valence-electron chi connectivity index (χ1n) is 7.67. The van der Waals surface area contributed by atoms with Crippen LogP contribution in [0.15, 0.2) is 28.8 Å². The van der Waals surface area contributed by atoms with Gasteiger partial charge in [0.05, 0.1) is 17.3 Å². The number of fused-ring (bicyclic) bond motifs is 1. The molecule has 0 aliphatic carbocycles. The van der Waals surface area contributed by atoms with Gasteiger partial charge in [-0.1, -0.05) is 16.8 Å². The van der Waals surface area contributed by atoms with Crippen LogP contribution in [0.1, 0.15) is 17.1 Å². The Morgan fingerprint density at radius 3 is 2.92 bits per heavy atom. The van der Waals surface area contributed by atoms with Crippen molar-refractivity contribution < 1.29 is 18.8 Å². The summed E-state index contributed by atoms with van der Waals surface area (Å²) in [7, 11) is 1.48. The molecule has 0 saturated heterocycles. The lowest BCUT2D eigenvalue weighted by Gasteiger charge is -2.06. The molecular formula is C17H18ClN3O4. The number of ether oxygens (including phenoxy) is 2. The van der Waals surface area contributed by atoms with E-state index in [0.29, 0.717) is 23.1 Å². The third-order valence-electron chi connectivity index (χ3n) is 3.53. The summed E-state index contributed by atoms with van der Waals surface area (Å²) < 4.78 is 15.6. The molecule has 25 heavy (non-hydrogen) atoms. The highest BCUT2D eigenvalue weighted by Crippen LogP contribution is 2.31. The van der Waals surface area contributed by atoms with Crippen LogP contribution >= 0.6 is 11.6 Å². The van der Waals surface area contributed by atoms with Gasteiger partial charge in [-0.05, 0) is 19.1 Å². The van der Waals surface area contributed by atoms with Gasteiger partial charge in [0.25, 0.3) is 0 Å². The normalized spacial score (nSPS) is 11.0. The van der Waals surface area contributed by atoms with Crippen molar-refractivity contribution in [3.8, 4) is 5.75 Å². The first-order chi connectivity index (χ1) is 12.0. The van der Waals surface area contributed by atoms with Crippen LogP contribution in [0.4, 0.5) is 0 Å². The molecule has 0 unspecified atom stereocenters. The highest BCUT2D eigenvalue weighted by Gasteiger charge is 2.10. The Morgan fingerprint density at radius 2 is 2.20 bits per heavy atom. The monoisotopic (exact) mass is 363 g/mol. The number of nitrogens with zero attached hydrogens (tertiary/aromatic N) is 1. The molecule has 0 radical (unpaired) electrons. The lowest BCUT2D eigenvalue weighted by atomic mass is 10.2. The van der Waals surface area contributed by atoms with Crippen molar-refractivity contribution in [1.29, 1.82) is 0 Å². The van der Waals surface area contributed by atoms with Crippen LogP contribution in [-0.2, 0) is 22.7 Å². The van der Waals surface area contributed by atoms with Gasteiger partial charge in [0.2, 0.25) is 5.91 Å². The number of nitrogens with one attached hydrogen (secondary N) is 2. The van der Waals surface area contributed by atoms with Crippen molar-refractivity contribution in [2.45, 2.75) is 20.1 Å². The van der Waals surface area contributed by atoms with Crippen molar-refractivity contribution in [3.63, 3.8) is 0 Å². The van der Waals surface area contributed by atoms with Gasteiger partial charge in [-0.3, -0.25) is 4.79 Å². The van der Waals surface area contributed by atoms with Crippen molar-refractivity contribution in [1.82, 2.24) is 15.5 Å². The second-order valence-corrected chi connectivity index (χ2v) is 6.00. The zero-order valence-corrected chi connectivity index (χ0v) is 14.6. The van der Waals surface area contributed by atoms with E-state index in [1.807, 2.05) is 31.2 Å². The number of aromatic nitrogens is 2. The Hall–Kier alpha value is -2.51. The lowest BCUT2D eigenvalue weighted by Crippen LogP contribution is -2.26. The number of carbonyl (C=O) groups excluding carboxylic acids is 1. The van der Waals surface area contributed by atoms with Gasteiger partial charge in [-0.25, -0.2) is 0 Å². The maximum absolute atomic E-state index is 11.5. The quantitative estimate of drug-likeness (QED) is 0.673. The molecule has 3 rings (SSSR count). The molecule has 2 N–H and O–H groups in total. The van der Waals surface area contributed by atoms with E-state index in [0.717, 1.165) is 22.3 Å². The smallest absolute Gasteiger partial charge is 0.246 e. The summed E-state index contributed by atoms with van der Waals surface area (Å²) in [5, 5.41) is 8.01. The van der Waals surface area contributed by atoms with Crippen LogP contribution in [0, 0.1) is 6.92 Å². The number of rotatable bonds is 7. The predicted octanol–water partition coefficient (Wildman–Crippen LogP) is 2.96. The number of benzene rings is 1. The molecule has 1 amide bonds. The molecule has 7 nitrogen and oxygen atoms in total. The van der Waals surface area contributed by atoms with Crippen LogP contribution in [-0.4, -0.2) is 29.8 Å². The Bertz CT molecular complexity index is 887. The van der Waals surface area contributed by atoms with Gasteiger partial charge in [0, 0.05) is 35.8 Å². The van der Waals surface area contributed by atoms with E-state index in [9.17, 15) is 4.79 Å². The third-order valence-corrected chi connectivity index (χ3v) is 3.82. The Kier molecular flexibility index (Phi) is 5.25. The van der Waals surface area contributed by atoms with Gasteiger partial charge < -0.3 is 24.3 Å². The first kappa shape index (κ1) is 17.3. The van der Waals surface area contributed by atoms with Gasteiger partial charge in [-0.15, -0.1) is 0 Å². The molecule has 3 aromatic rings. The molecule has 0 bridgehead atoms. The molecule has 0 saturated carbocycles. The number of halogens is 1. The third kappa shape index (κ3) is 4.32. The summed E-state index contributed by atoms with van der Waals surface area (Å²) in [6.45, 7) is 2.50. The van der Waals surface area contributed by atoms with Gasteiger partial charge in [0.15, 0.2) is 5.76 Å². The van der Waals surface area contributed by atoms with Crippen LogP contribution < -0.4 is 10.1 Å². The fraction of sp³-hybridized carbons (Fsp3) is 0.294. The molecule has 0 spiro atoms. The molecule has 2 heterocycles. The largest absolute Gasteiger partial charge is 0.484 e. The van der Waals surface area contributed by atoms with Crippen LogP contribution in [0.3, 0.4) is 0 Å². The fourth-order valence-corrected chi connectivity index (χ4v) is 2.63. The van der Waals surface area contributed by atoms with E-state index in [2.05, 4.69) is 15.5 Å². The van der Waals surface area contributed by atoms with Crippen molar-refractivity contribution in [2.75, 3.05) is 13.7 Å². The van der Waals surface area contributed by atoms with Crippen molar-refractivity contribution in [3.05, 3.63) is 46.4 Å². The maximum atomic E-state index is 11.5. The van der Waals surface area contributed by atoms with E-state index in [4.69, 9.17) is 25.6 Å². The highest BCUT2D eigenvalue weighted by atomic mass is 35.5. The number of H-pyrrole nitrogens is 1. The van der Waals surface area contributed by atoms with Crippen molar-refractivity contribution >= 4 is 28.4 Å². The lowest BCUT2D eigenvalue weighted by molar-refractivity contribution is -0.124. The van der Waals surface area contributed by atoms with Crippen LogP contribution in [0.25, 0.3) is 10.9 Å². The highest BCUT2D eigenvalue weighted by molar-refractivity contribution is 6.32. The molecular weight excluding hydrogens is 346 g/mol.